The predicted octanol–water partition coefficient (Wildman–Crippen LogP) is 6.94. The van der Waals surface area contributed by atoms with E-state index in [1.165, 1.54) is 61.6 Å². The van der Waals surface area contributed by atoms with E-state index in [2.05, 4.69) is 5.32 Å². The first-order valence-corrected chi connectivity index (χ1v) is 16.3. The number of nitrogens with zero attached hydrogens (tertiary/aromatic N) is 2. The van der Waals surface area contributed by atoms with Gasteiger partial charge in [-0.2, -0.15) is 13.2 Å². The molecule has 8 nitrogen and oxygen atoms in total. The summed E-state index contributed by atoms with van der Waals surface area (Å²) in [4.78, 5) is 41.0. The van der Waals surface area contributed by atoms with Gasteiger partial charge in [-0.3, -0.25) is 9.59 Å². The Labute approximate surface area is 289 Å². The molecule has 2 N–H and O–H groups in total. The quantitative estimate of drug-likeness (QED) is 0.170. The fourth-order valence-electron chi connectivity index (χ4n) is 6.90. The summed E-state index contributed by atoms with van der Waals surface area (Å²) in [5.41, 5.74) is -2.89. The average Bonchev–Trinajstić information content (AvgIpc) is 3.08. The molecule has 1 fully saturated rings. The van der Waals surface area contributed by atoms with Crippen LogP contribution in [0.4, 0.5) is 27.6 Å². The van der Waals surface area contributed by atoms with Crippen LogP contribution in [0.2, 0.25) is 0 Å². The smallest absolute Gasteiger partial charge is 0.417 e. The lowest BCUT2D eigenvalue weighted by molar-refractivity contribution is -0.139. The standard InChI is InChI=1S/C38H34F5N3O5/c1-20(2)31-19-51-15-14-46(31)22-17-27(39)33(28(40)18-22)35(47)44-29(37(49)50)16-21-8-6-11-24-23(21)10-7-12-25(24)32-34(38(41,42)43)26-9-4-5-13-30(26)45(3)36(32)48/h4-13,17-18,20,29,31H,14-16,19H2,1-3H3,(H,44,47)(H,49,50)/t29-,31+/m0/s1. The number of pyridine rings is 1. The van der Waals surface area contributed by atoms with Crippen LogP contribution in [-0.4, -0.2) is 53.4 Å². The van der Waals surface area contributed by atoms with Crippen molar-refractivity contribution in [2.75, 3.05) is 24.7 Å². The maximum absolute atomic E-state index is 15.4. The van der Waals surface area contributed by atoms with Gasteiger partial charge < -0.3 is 24.6 Å². The fourth-order valence-corrected chi connectivity index (χ4v) is 6.90. The average molecular weight is 708 g/mol. The molecule has 0 radical (unpaired) electrons. The summed E-state index contributed by atoms with van der Waals surface area (Å²) in [6.45, 7) is 5.00. The molecule has 1 aliphatic rings. The number of benzene rings is 4. The lowest BCUT2D eigenvalue weighted by Gasteiger charge is -2.39. The largest absolute Gasteiger partial charge is 0.480 e. The first kappa shape index (κ1) is 35.5. The minimum Gasteiger partial charge on any atom is -0.480 e. The number of carboxylic acid groups (broad SMARTS) is 1. The number of nitrogens with one attached hydrogen (secondary N) is 1. The molecule has 0 bridgehead atoms. The number of anilines is 1. The number of amides is 1. The summed E-state index contributed by atoms with van der Waals surface area (Å²) in [6, 6.07) is 14.9. The van der Waals surface area contributed by atoms with Crippen LogP contribution in [0.1, 0.15) is 35.3 Å². The minimum atomic E-state index is -4.90. The molecular formula is C38H34F5N3O5. The van der Waals surface area contributed by atoms with Gasteiger partial charge in [0, 0.05) is 31.1 Å². The molecule has 2 atom stereocenters. The number of aromatic nitrogens is 1. The number of hydrogen-bond donors (Lipinski definition) is 2. The van der Waals surface area contributed by atoms with Crippen molar-refractivity contribution in [3.8, 4) is 11.1 Å². The van der Waals surface area contributed by atoms with E-state index >= 15 is 8.78 Å². The van der Waals surface area contributed by atoms with Gasteiger partial charge in [-0.1, -0.05) is 68.4 Å². The van der Waals surface area contributed by atoms with E-state index in [-0.39, 0.29) is 39.5 Å². The molecule has 5 aromatic rings. The van der Waals surface area contributed by atoms with Crippen molar-refractivity contribution in [1.82, 2.24) is 9.88 Å². The Morgan fingerprint density at radius 1 is 0.961 bits per heavy atom. The molecule has 4 aromatic carbocycles. The minimum absolute atomic E-state index is 0.0202. The number of carbonyl (C=O) groups is 2. The number of hydrogen-bond acceptors (Lipinski definition) is 5. The number of aliphatic carboxylic acids is 1. The Kier molecular flexibility index (Phi) is 9.60. The predicted molar refractivity (Wildman–Crippen MR) is 183 cm³/mol. The Hall–Kier alpha value is -5.30. The van der Waals surface area contributed by atoms with Crippen LogP contribution in [0.3, 0.4) is 0 Å². The second-order valence-corrected chi connectivity index (χ2v) is 12.9. The van der Waals surface area contributed by atoms with Gasteiger partial charge in [0.25, 0.3) is 11.5 Å². The van der Waals surface area contributed by atoms with Crippen molar-refractivity contribution in [3.63, 3.8) is 0 Å². The Morgan fingerprint density at radius 3 is 2.27 bits per heavy atom. The molecule has 1 saturated heterocycles. The molecule has 2 heterocycles. The fraction of sp³-hybridized carbons (Fsp3) is 0.289. The number of alkyl halides is 3. The van der Waals surface area contributed by atoms with Crippen molar-refractivity contribution in [2.24, 2.45) is 13.0 Å². The van der Waals surface area contributed by atoms with Crippen molar-refractivity contribution in [3.05, 3.63) is 111 Å². The van der Waals surface area contributed by atoms with Gasteiger partial charge in [0.05, 0.1) is 35.9 Å². The second kappa shape index (κ2) is 13.8. The topological polar surface area (TPSA) is 101 Å². The number of aryl methyl sites for hydroxylation is 1. The number of para-hydroxylation sites is 1. The van der Waals surface area contributed by atoms with Gasteiger partial charge in [-0.05, 0) is 46.0 Å². The SMILES string of the molecule is CC(C)[C@H]1COCCN1c1cc(F)c(C(=O)N[C@@H](Cc2cccc3c(-c4c(C(F)(F)F)c5ccccc5n(C)c4=O)cccc23)C(=O)O)c(F)c1. The van der Waals surface area contributed by atoms with Crippen molar-refractivity contribution in [1.29, 1.82) is 0 Å². The molecule has 0 saturated carbocycles. The number of ether oxygens (including phenoxy) is 1. The van der Waals surface area contributed by atoms with Gasteiger partial charge in [-0.15, -0.1) is 0 Å². The molecule has 0 unspecified atom stereocenters. The molecule has 0 aliphatic carbocycles. The summed E-state index contributed by atoms with van der Waals surface area (Å²) in [5.74, 6) is -5.04. The number of fused-ring (bicyclic) bond motifs is 2. The third kappa shape index (κ3) is 6.65. The zero-order chi connectivity index (χ0) is 36.8. The second-order valence-electron chi connectivity index (χ2n) is 12.9. The van der Waals surface area contributed by atoms with Crippen LogP contribution in [0, 0.1) is 17.6 Å². The molecule has 1 aliphatic heterocycles. The van der Waals surface area contributed by atoms with Crippen molar-refractivity contribution < 1.29 is 41.4 Å². The highest BCUT2D eigenvalue weighted by Crippen LogP contribution is 2.42. The van der Waals surface area contributed by atoms with E-state index < -0.39 is 64.4 Å². The van der Waals surface area contributed by atoms with Gasteiger partial charge >= 0.3 is 12.1 Å². The van der Waals surface area contributed by atoms with Crippen LogP contribution >= 0.6 is 0 Å². The number of morpholine rings is 1. The first-order chi connectivity index (χ1) is 24.2. The lowest BCUT2D eigenvalue weighted by atomic mass is 9.90. The third-order valence-corrected chi connectivity index (χ3v) is 9.42. The monoisotopic (exact) mass is 707 g/mol. The van der Waals surface area contributed by atoms with Crippen LogP contribution in [-0.2, 0) is 29.2 Å². The maximum Gasteiger partial charge on any atom is 0.417 e. The van der Waals surface area contributed by atoms with Gasteiger partial charge in [0.1, 0.15) is 23.2 Å². The Bertz CT molecular complexity index is 2210. The molecule has 51 heavy (non-hydrogen) atoms. The highest BCUT2D eigenvalue weighted by Gasteiger charge is 2.38. The van der Waals surface area contributed by atoms with Crippen molar-refractivity contribution >= 4 is 39.2 Å². The normalized spacial score (nSPS) is 15.8. The van der Waals surface area contributed by atoms with Gasteiger partial charge in [0.15, 0.2) is 0 Å². The van der Waals surface area contributed by atoms with Gasteiger partial charge in [-0.25, -0.2) is 13.6 Å². The van der Waals surface area contributed by atoms with Gasteiger partial charge in [0.2, 0.25) is 0 Å². The molecule has 0 spiro atoms. The third-order valence-electron chi connectivity index (χ3n) is 9.42. The highest BCUT2D eigenvalue weighted by atomic mass is 19.4. The zero-order valence-corrected chi connectivity index (χ0v) is 27.9. The van der Waals surface area contributed by atoms with Crippen molar-refractivity contribution in [2.45, 2.75) is 38.5 Å². The molecule has 6 rings (SSSR count). The Morgan fingerprint density at radius 2 is 1.61 bits per heavy atom. The van der Waals surface area contributed by atoms with E-state index in [1.54, 1.807) is 6.07 Å². The molecule has 1 amide bonds. The summed E-state index contributed by atoms with van der Waals surface area (Å²) in [7, 11) is 1.38. The van der Waals surface area contributed by atoms with E-state index in [9.17, 15) is 32.7 Å². The van der Waals surface area contributed by atoms with E-state index in [1.807, 2.05) is 18.7 Å². The van der Waals surface area contributed by atoms with Crippen LogP contribution < -0.4 is 15.8 Å². The highest BCUT2D eigenvalue weighted by molar-refractivity contribution is 6.02. The number of carboxylic acids is 1. The number of halogens is 5. The number of carbonyl (C=O) groups excluding carboxylic acids is 1. The molecule has 1 aromatic heterocycles. The summed E-state index contributed by atoms with van der Waals surface area (Å²) in [6.07, 6.45) is -5.29. The zero-order valence-electron chi connectivity index (χ0n) is 27.9. The molecular weight excluding hydrogens is 673 g/mol. The first-order valence-electron chi connectivity index (χ1n) is 16.3. The summed E-state index contributed by atoms with van der Waals surface area (Å²) >= 11 is 0. The van der Waals surface area contributed by atoms with E-state index in [4.69, 9.17) is 4.74 Å². The number of rotatable bonds is 8. The van der Waals surface area contributed by atoms with Crippen LogP contribution in [0.15, 0.2) is 77.6 Å². The van der Waals surface area contributed by atoms with E-state index in [0.717, 1.165) is 16.7 Å². The van der Waals surface area contributed by atoms with Crippen LogP contribution in [0.5, 0.6) is 0 Å². The lowest BCUT2D eigenvalue weighted by Crippen LogP contribution is -2.48. The summed E-state index contributed by atoms with van der Waals surface area (Å²) in [5, 5.41) is 12.7. The van der Waals surface area contributed by atoms with E-state index in [0.29, 0.717) is 30.7 Å². The maximum atomic E-state index is 15.4. The van der Waals surface area contributed by atoms with Crippen LogP contribution in [0.25, 0.3) is 32.8 Å². The Balaban J connectivity index is 1.36. The molecule has 13 heteroatoms. The summed E-state index contributed by atoms with van der Waals surface area (Å²) < 4.78 is 81.5. The molecule has 266 valence electrons.